The smallest absolute Gasteiger partial charge is 0.246 e. The average molecular weight is 380 g/mol. The van der Waals surface area contributed by atoms with E-state index in [9.17, 15) is 4.79 Å². The van der Waals surface area contributed by atoms with Gasteiger partial charge in [-0.3, -0.25) is 4.79 Å². The number of carbonyl (C=O) groups excluding carboxylic acids is 1. The fourth-order valence-electron chi connectivity index (χ4n) is 3.28. The van der Waals surface area contributed by atoms with Gasteiger partial charge < -0.3 is 19.3 Å². The number of hydrogen-bond donors (Lipinski definition) is 0. The van der Waals surface area contributed by atoms with Crippen LogP contribution >= 0.6 is 0 Å². The lowest BCUT2D eigenvalue weighted by atomic mass is 10.2. The fraction of sp³-hybridized carbons (Fsp3) is 0.348. The van der Waals surface area contributed by atoms with Crippen molar-refractivity contribution in [1.29, 1.82) is 0 Å². The number of anilines is 1. The highest BCUT2D eigenvalue weighted by Gasteiger charge is 2.21. The van der Waals surface area contributed by atoms with Crippen molar-refractivity contribution >= 4 is 17.7 Å². The first-order valence-electron chi connectivity index (χ1n) is 9.88. The molecule has 0 aliphatic carbocycles. The molecule has 0 aromatic heterocycles. The van der Waals surface area contributed by atoms with E-state index >= 15 is 0 Å². The zero-order valence-corrected chi connectivity index (χ0v) is 16.6. The summed E-state index contributed by atoms with van der Waals surface area (Å²) in [6.45, 7) is 8.24. The van der Waals surface area contributed by atoms with E-state index in [0.29, 0.717) is 26.3 Å². The number of ether oxygens (including phenoxy) is 2. The summed E-state index contributed by atoms with van der Waals surface area (Å²) in [5, 5.41) is 0. The van der Waals surface area contributed by atoms with Crippen molar-refractivity contribution in [1.82, 2.24) is 4.90 Å². The van der Waals surface area contributed by atoms with Crippen LogP contribution in [-0.2, 0) is 4.79 Å². The lowest BCUT2D eigenvalue weighted by Gasteiger charge is -2.36. The van der Waals surface area contributed by atoms with Crippen LogP contribution in [0.25, 0.3) is 6.08 Å². The lowest BCUT2D eigenvalue weighted by molar-refractivity contribution is -0.126. The Morgan fingerprint density at radius 1 is 0.929 bits per heavy atom. The molecule has 2 aromatic carbocycles. The van der Waals surface area contributed by atoms with Crippen molar-refractivity contribution in [3.8, 4) is 11.5 Å². The molecular formula is C23H28N2O3. The lowest BCUT2D eigenvalue weighted by Crippen LogP contribution is -2.48. The van der Waals surface area contributed by atoms with Gasteiger partial charge in [0.2, 0.25) is 5.91 Å². The summed E-state index contributed by atoms with van der Waals surface area (Å²) in [5.74, 6) is 1.79. The summed E-state index contributed by atoms with van der Waals surface area (Å²) < 4.78 is 11.2. The Morgan fingerprint density at radius 3 is 2.29 bits per heavy atom. The molecule has 1 saturated heterocycles. The van der Waals surface area contributed by atoms with Crippen LogP contribution in [0.1, 0.15) is 19.4 Å². The zero-order chi connectivity index (χ0) is 19.8. The van der Waals surface area contributed by atoms with Gasteiger partial charge in [-0.25, -0.2) is 0 Å². The number of carbonyl (C=O) groups is 1. The minimum atomic E-state index is 0.0478. The molecule has 0 spiro atoms. The predicted octanol–water partition coefficient (Wildman–Crippen LogP) is 3.85. The van der Waals surface area contributed by atoms with Gasteiger partial charge in [-0.1, -0.05) is 24.3 Å². The molecular weight excluding hydrogens is 352 g/mol. The molecule has 1 amide bonds. The van der Waals surface area contributed by atoms with Crippen LogP contribution in [-0.4, -0.2) is 50.2 Å². The van der Waals surface area contributed by atoms with Crippen molar-refractivity contribution in [2.45, 2.75) is 13.8 Å². The van der Waals surface area contributed by atoms with Gasteiger partial charge in [0.1, 0.15) is 11.5 Å². The van der Waals surface area contributed by atoms with Crippen molar-refractivity contribution in [2.75, 3.05) is 44.3 Å². The first-order valence-corrected chi connectivity index (χ1v) is 9.88. The molecule has 148 valence electrons. The van der Waals surface area contributed by atoms with E-state index in [2.05, 4.69) is 11.0 Å². The second-order valence-corrected chi connectivity index (χ2v) is 6.55. The van der Waals surface area contributed by atoms with Crippen molar-refractivity contribution in [3.63, 3.8) is 0 Å². The summed E-state index contributed by atoms with van der Waals surface area (Å²) in [7, 11) is 0. The molecule has 1 fully saturated rings. The summed E-state index contributed by atoms with van der Waals surface area (Å²) in [6, 6.07) is 15.8. The predicted molar refractivity (Wildman–Crippen MR) is 113 cm³/mol. The number of hydrogen-bond acceptors (Lipinski definition) is 4. The van der Waals surface area contributed by atoms with Gasteiger partial charge in [0.25, 0.3) is 0 Å². The molecule has 5 heteroatoms. The molecule has 0 atom stereocenters. The third-order valence-corrected chi connectivity index (χ3v) is 4.71. The molecule has 2 aromatic rings. The zero-order valence-electron chi connectivity index (χ0n) is 16.6. The molecule has 0 radical (unpaired) electrons. The largest absolute Gasteiger partial charge is 0.494 e. The molecule has 0 unspecified atom stereocenters. The van der Waals surface area contributed by atoms with Gasteiger partial charge in [0.05, 0.1) is 18.9 Å². The quantitative estimate of drug-likeness (QED) is 0.685. The summed E-state index contributed by atoms with van der Waals surface area (Å²) in [5.41, 5.74) is 2.09. The molecule has 0 saturated carbocycles. The molecule has 0 N–H and O–H groups in total. The molecule has 0 bridgehead atoms. The number of nitrogens with zero attached hydrogens (tertiary/aromatic N) is 2. The van der Waals surface area contributed by atoms with E-state index in [0.717, 1.165) is 35.8 Å². The topological polar surface area (TPSA) is 42.0 Å². The van der Waals surface area contributed by atoms with E-state index in [-0.39, 0.29) is 5.91 Å². The normalized spacial score (nSPS) is 14.4. The van der Waals surface area contributed by atoms with Gasteiger partial charge in [-0.15, -0.1) is 0 Å². The standard InChI is InChI=1S/C23H28N2O3/c1-3-27-20-12-9-19(10-13-20)11-14-23(26)25-17-15-24(16-18-25)21-7-5-6-8-22(21)28-4-2/h5-14H,3-4,15-18H2,1-2H3/b14-11+. The second kappa shape index (κ2) is 9.83. The molecule has 28 heavy (non-hydrogen) atoms. The number of para-hydroxylation sites is 2. The van der Waals surface area contributed by atoms with Gasteiger partial charge in [-0.2, -0.15) is 0 Å². The van der Waals surface area contributed by atoms with Crippen molar-refractivity contribution in [3.05, 3.63) is 60.2 Å². The monoisotopic (exact) mass is 380 g/mol. The van der Waals surface area contributed by atoms with Gasteiger partial charge >= 0.3 is 0 Å². The van der Waals surface area contributed by atoms with Crippen LogP contribution in [0.2, 0.25) is 0 Å². The van der Waals surface area contributed by atoms with Crippen LogP contribution in [0.5, 0.6) is 11.5 Å². The molecule has 5 nitrogen and oxygen atoms in total. The SMILES string of the molecule is CCOc1ccc(/C=C/C(=O)N2CCN(c3ccccc3OCC)CC2)cc1. The van der Waals surface area contributed by atoms with Crippen molar-refractivity contribution < 1.29 is 14.3 Å². The van der Waals surface area contributed by atoms with Crippen LogP contribution in [0.4, 0.5) is 5.69 Å². The van der Waals surface area contributed by atoms with Crippen LogP contribution in [0, 0.1) is 0 Å². The molecule has 1 aliphatic heterocycles. The number of piperazine rings is 1. The Hall–Kier alpha value is -2.95. The maximum Gasteiger partial charge on any atom is 0.246 e. The summed E-state index contributed by atoms with van der Waals surface area (Å²) in [6.07, 6.45) is 3.51. The Balaban J connectivity index is 1.55. The van der Waals surface area contributed by atoms with Gasteiger partial charge in [-0.05, 0) is 49.8 Å². The highest BCUT2D eigenvalue weighted by Crippen LogP contribution is 2.28. The molecule has 1 heterocycles. The first kappa shape index (κ1) is 19.8. The number of benzene rings is 2. The highest BCUT2D eigenvalue weighted by atomic mass is 16.5. The third-order valence-electron chi connectivity index (χ3n) is 4.71. The van der Waals surface area contributed by atoms with E-state index in [1.165, 1.54) is 0 Å². The Morgan fingerprint density at radius 2 is 1.61 bits per heavy atom. The Labute approximate surface area is 167 Å². The van der Waals surface area contributed by atoms with E-state index in [1.807, 2.05) is 67.3 Å². The van der Waals surface area contributed by atoms with E-state index in [4.69, 9.17) is 9.47 Å². The summed E-state index contributed by atoms with van der Waals surface area (Å²) >= 11 is 0. The van der Waals surface area contributed by atoms with Crippen molar-refractivity contribution in [2.24, 2.45) is 0 Å². The number of amides is 1. The van der Waals surface area contributed by atoms with Crippen LogP contribution in [0.3, 0.4) is 0 Å². The van der Waals surface area contributed by atoms with Crippen LogP contribution < -0.4 is 14.4 Å². The minimum absolute atomic E-state index is 0.0478. The Bertz CT molecular complexity index is 794. The Kier molecular flexibility index (Phi) is 6.95. The van der Waals surface area contributed by atoms with E-state index < -0.39 is 0 Å². The van der Waals surface area contributed by atoms with Crippen LogP contribution in [0.15, 0.2) is 54.6 Å². The number of rotatable bonds is 7. The first-order chi connectivity index (χ1) is 13.7. The third kappa shape index (κ3) is 5.06. The van der Waals surface area contributed by atoms with E-state index in [1.54, 1.807) is 6.08 Å². The summed E-state index contributed by atoms with van der Waals surface area (Å²) in [4.78, 5) is 16.7. The minimum Gasteiger partial charge on any atom is -0.494 e. The molecule has 3 rings (SSSR count). The molecule has 1 aliphatic rings. The average Bonchev–Trinajstić information content (AvgIpc) is 2.74. The van der Waals surface area contributed by atoms with Gasteiger partial charge in [0, 0.05) is 32.3 Å². The highest BCUT2D eigenvalue weighted by molar-refractivity contribution is 5.92. The maximum atomic E-state index is 12.5. The second-order valence-electron chi connectivity index (χ2n) is 6.55. The fourth-order valence-corrected chi connectivity index (χ4v) is 3.28. The maximum absolute atomic E-state index is 12.5. The van der Waals surface area contributed by atoms with Gasteiger partial charge in [0.15, 0.2) is 0 Å².